The van der Waals surface area contributed by atoms with E-state index in [9.17, 15) is 14.9 Å². The maximum Gasteiger partial charge on any atom is 0.410 e. The third-order valence-corrected chi connectivity index (χ3v) is 6.58. The van der Waals surface area contributed by atoms with E-state index in [1.165, 1.54) is 0 Å². The van der Waals surface area contributed by atoms with Gasteiger partial charge in [0, 0.05) is 32.3 Å². The van der Waals surface area contributed by atoms with E-state index >= 15 is 0 Å². The Hall–Kier alpha value is -4.13. The summed E-state index contributed by atoms with van der Waals surface area (Å²) < 4.78 is 5.45. The fourth-order valence-corrected chi connectivity index (χ4v) is 4.71. The van der Waals surface area contributed by atoms with Crippen molar-refractivity contribution in [1.82, 2.24) is 14.9 Å². The lowest BCUT2D eigenvalue weighted by molar-refractivity contribution is -0.117. The number of piperidine rings is 1. The number of carbonyl (C=O) groups excluding carboxylic acids is 2. The van der Waals surface area contributed by atoms with Gasteiger partial charge in [-0.15, -0.1) is 0 Å². The van der Waals surface area contributed by atoms with Crippen molar-refractivity contribution >= 4 is 34.9 Å². The standard InChI is InChI=1S/C28H35N7O3/c1-6-35-22-10-8-7-9-21(22)31-25(35)20(16-29)24-18(2)17-30-26(33-24)32-23(36)15-19-11-13-34(14-12-19)27(37)38-28(3,4)5/h7-10,17,19,31H,6,11-15H2,1-5H3,(H,30,32,33,36)/b25-20+. The van der Waals surface area contributed by atoms with Gasteiger partial charge in [0.2, 0.25) is 11.9 Å². The molecule has 2 N–H and O–H groups in total. The molecule has 0 radical (unpaired) electrons. The van der Waals surface area contributed by atoms with Crippen LogP contribution in [0.4, 0.5) is 22.1 Å². The van der Waals surface area contributed by atoms with Gasteiger partial charge < -0.3 is 19.9 Å². The summed E-state index contributed by atoms with van der Waals surface area (Å²) in [6.45, 7) is 11.2. The summed E-state index contributed by atoms with van der Waals surface area (Å²) in [6.07, 6.45) is 3.05. The number of amides is 2. The fraction of sp³-hybridized carbons (Fsp3) is 0.464. The highest BCUT2D eigenvalue weighted by Gasteiger charge is 2.29. The Kier molecular flexibility index (Phi) is 7.86. The first-order valence-corrected chi connectivity index (χ1v) is 13.0. The number of aromatic nitrogens is 2. The molecule has 3 heterocycles. The number of carbonyl (C=O) groups is 2. The van der Waals surface area contributed by atoms with Crippen LogP contribution in [0.5, 0.6) is 0 Å². The molecule has 0 aliphatic carbocycles. The second kappa shape index (κ2) is 11.1. The monoisotopic (exact) mass is 517 g/mol. The predicted octanol–water partition coefficient (Wildman–Crippen LogP) is 4.90. The molecule has 0 spiro atoms. The highest BCUT2D eigenvalue weighted by Crippen LogP contribution is 2.38. The average Bonchev–Trinajstić information content (AvgIpc) is 3.24. The van der Waals surface area contributed by atoms with E-state index in [0.717, 1.165) is 29.8 Å². The highest BCUT2D eigenvalue weighted by atomic mass is 16.6. The number of benzene rings is 1. The van der Waals surface area contributed by atoms with Gasteiger partial charge in [-0.25, -0.2) is 14.8 Å². The van der Waals surface area contributed by atoms with E-state index in [4.69, 9.17) is 4.74 Å². The van der Waals surface area contributed by atoms with E-state index in [1.807, 2.05) is 63.8 Å². The number of hydrogen-bond acceptors (Lipinski definition) is 8. The van der Waals surface area contributed by atoms with Crippen molar-refractivity contribution in [2.75, 3.05) is 35.2 Å². The van der Waals surface area contributed by atoms with Gasteiger partial charge in [-0.3, -0.25) is 10.1 Å². The summed E-state index contributed by atoms with van der Waals surface area (Å²) in [5, 5.41) is 16.3. The Labute approximate surface area is 223 Å². The van der Waals surface area contributed by atoms with Crippen LogP contribution in [0.2, 0.25) is 0 Å². The largest absolute Gasteiger partial charge is 0.444 e. The molecule has 0 bridgehead atoms. The molecule has 2 aromatic rings. The SMILES string of the molecule is CCN1/C(=C(\C#N)c2nc(NC(=O)CC3CCN(C(=O)OC(C)(C)C)CC3)ncc2C)Nc2ccccc21. The zero-order valence-corrected chi connectivity index (χ0v) is 22.7. The number of rotatable bonds is 5. The third-order valence-electron chi connectivity index (χ3n) is 6.58. The molecule has 2 aliphatic rings. The average molecular weight is 518 g/mol. The van der Waals surface area contributed by atoms with Crippen molar-refractivity contribution in [1.29, 1.82) is 5.26 Å². The maximum absolute atomic E-state index is 12.8. The number of fused-ring (bicyclic) bond motifs is 1. The molecule has 2 aliphatic heterocycles. The van der Waals surface area contributed by atoms with Crippen molar-refractivity contribution in [2.24, 2.45) is 5.92 Å². The zero-order valence-electron chi connectivity index (χ0n) is 22.7. The van der Waals surface area contributed by atoms with Crippen molar-refractivity contribution in [2.45, 2.75) is 59.5 Å². The van der Waals surface area contributed by atoms with Crippen LogP contribution in [0, 0.1) is 24.2 Å². The lowest BCUT2D eigenvalue weighted by Gasteiger charge is -2.33. The number of aryl methyl sites for hydroxylation is 1. The van der Waals surface area contributed by atoms with Crippen molar-refractivity contribution in [3.05, 3.63) is 47.5 Å². The third kappa shape index (κ3) is 6.05. The molecule has 0 unspecified atom stereocenters. The van der Waals surface area contributed by atoms with E-state index in [1.54, 1.807) is 11.1 Å². The van der Waals surface area contributed by atoms with Gasteiger partial charge in [-0.1, -0.05) is 12.1 Å². The molecule has 1 aromatic carbocycles. The van der Waals surface area contributed by atoms with Gasteiger partial charge in [0.25, 0.3) is 0 Å². The van der Waals surface area contributed by atoms with Crippen LogP contribution in [0.1, 0.15) is 58.2 Å². The molecule has 0 atom stereocenters. The van der Waals surface area contributed by atoms with Crippen LogP contribution >= 0.6 is 0 Å². The number of anilines is 3. The van der Waals surface area contributed by atoms with Gasteiger partial charge in [0.15, 0.2) is 0 Å². The number of nitriles is 1. The number of likely N-dealkylation sites (tertiary alicyclic amines) is 1. The second-order valence-corrected chi connectivity index (χ2v) is 10.6. The number of ether oxygens (including phenoxy) is 1. The Morgan fingerprint density at radius 2 is 1.95 bits per heavy atom. The smallest absolute Gasteiger partial charge is 0.410 e. The molecule has 10 heteroatoms. The molecule has 10 nitrogen and oxygen atoms in total. The van der Waals surface area contributed by atoms with Gasteiger partial charge in [-0.05, 0) is 71.1 Å². The molecular formula is C28H35N7O3. The topological polar surface area (TPSA) is 123 Å². The van der Waals surface area contributed by atoms with Crippen LogP contribution in [0.15, 0.2) is 36.3 Å². The molecule has 4 rings (SSSR count). The first kappa shape index (κ1) is 26.9. The van der Waals surface area contributed by atoms with Gasteiger partial charge in [-0.2, -0.15) is 5.26 Å². The van der Waals surface area contributed by atoms with E-state index < -0.39 is 5.60 Å². The van der Waals surface area contributed by atoms with Crippen LogP contribution in [0.3, 0.4) is 0 Å². The van der Waals surface area contributed by atoms with Crippen LogP contribution < -0.4 is 15.5 Å². The maximum atomic E-state index is 12.8. The van der Waals surface area contributed by atoms with Crippen LogP contribution in [0.25, 0.3) is 5.57 Å². The minimum Gasteiger partial charge on any atom is -0.444 e. The Morgan fingerprint density at radius 3 is 2.61 bits per heavy atom. The van der Waals surface area contributed by atoms with Crippen molar-refractivity contribution in [3.8, 4) is 6.07 Å². The summed E-state index contributed by atoms with van der Waals surface area (Å²) >= 11 is 0. The molecule has 2 amide bonds. The Balaban J connectivity index is 1.43. The summed E-state index contributed by atoms with van der Waals surface area (Å²) in [7, 11) is 0. The lowest BCUT2D eigenvalue weighted by atomic mass is 9.93. The first-order valence-electron chi connectivity index (χ1n) is 13.0. The first-order chi connectivity index (χ1) is 18.1. The lowest BCUT2D eigenvalue weighted by Crippen LogP contribution is -2.42. The van der Waals surface area contributed by atoms with Crippen molar-refractivity contribution in [3.63, 3.8) is 0 Å². The molecule has 0 saturated carbocycles. The number of hydrogen-bond donors (Lipinski definition) is 2. The molecule has 38 heavy (non-hydrogen) atoms. The molecule has 1 aromatic heterocycles. The predicted molar refractivity (Wildman–Crippen MR) is 146 cm³/mol. The number of para-hydroxylation sites is 2. The Morgan fingerprint density at radius 1 is 1.24 bits per heavy atom. The van der Waals surface area contributed by atoms with Crippen LogP contribution in [-0.2, 0) is 9.53 Å². The second-order valence-electron chi connectivity index (χ2n) is 10.6. The molecule has 1 saturated heterocycles. The summed E-state index contributed by atoms with van der Waals surface area (Å²) in [6, 6.07) is 10.2. The Bertz CT molecular complexity index is 1280. The minimum absolute atomic E-state index is 0.148. The number of nitrogens with zero attached hydrogens (tertiary/aromatic N) is 5. The molecule has 1 fully saturated rings. The number of nitrogens with one attached hydrogen (secondary N) is 2. The summed E-state index contributed by atoms with van der Waals surface area (Å²) in [4.78, 5) is 37.7. The van der Waals surface area contributed by atoms with E-state index in [-0.39, 0.29) is 23.9 Å². The van der Waals surface area contributed by atoms with Crippen molar-refractivity contribution < 1.29 is 14.3 Å². The highest BCUT2D eigenvalue weighted by molar-refractivity contribution is 5.92. The normalized spacial score (nSPS) is 16.8. The van der Waals surface area contributed by atoms with Gasteiger partial charge >= 0.3 is 6.09 Å². The quantitative estimate of drug-likeness (QED) is 0.537. The van der Waals surface area contributed by atoms with Crippen LogP contribution in [-0.4, -0.2) is 52.1 Å². The zero-order chi connectivity index (χ0) is 27.4. The molecular weight excluding hydrogens is 482 g/mol. The number of allylic oxidation sites excluding steroid dienone is 1. The minimum atomic E-state index is -0.533. The summed E-state index contributed by atoms with van der Waals surface area (Å²) in [5.74, 6) is 0.777. The fourth-order valence-electron chi connectivity index (χ4n) is 4.71. The van der Waals surface area contributed by atoms with Gasteiger partial charge in [0.05, 0.1) is 17.1 Å². The summed E-state index contributed by atoms with van der Waals surface area (Å²) in [5.41, 5.74) is 2.97. The van der Waals surface area contributed by atoms with E-state index in [0.29, 0.717) is 43.1 Å². The van der Waals surface area contributed by atoms with Gasteiger partial charge in [0.1, 0.15) is 23.1 Å². The van der Waals surface area contributed by atoms with E-state index in [2.05, 4.69) is 26.7 Å². The molecule has 200 valence electrons.